The van der Waals surface area contributed by atoms with Crippen molar-refractivity contribution >= 4 is 5.69 Å². The lowest BCUT2D eigenvalue weighted by atomic mass is 10.2. The maximum Gasteiger partial charge on any atom is 0.129 e. The van der Waals surface area contributed by atoms with Gasteiger partial charge in [-0.1, -0.05) is 19.9 Å². The van der Waals surface area contributed by atoms with E-state index in [0.717, 1.165) is 13.1 Å². The maximum absolute atomic E-state index is 13.4. The van der Waals surface area contributed by atoms with E-state index in [1.807, 2.05) is 0 Å². The number of anilines is 1. The molecule has 1 aromatic rings. The first-order valence-electron chi connectivity index (χ1n) is 4.93. The predicted octanol–water partition coefficient (Wildman–Crippen LogP) is 2.25. The zero-order valence-corrected chi connectivity index (χ0v) is 8.76. The minimum atomic E-state index is -0.211. The summed E-state index contributed by atoms with van der Waals surface area (Å²) in [6, 6.07) is 4.86. The molecule has 0 radical (unpaired) electrons. The van der Waals surface area contributed by atoms with Crippen molar-refractivity contribution in [2.45, 2.75) is 20.4 Å². The topological polar surface area (TPSA) is 29.3 Å². The molecular weight excluding hydrogens is 179 g/mol. The largest absolute Gasteiger partial charge is 0.399 e. The molecule has 2 nitrogen and oxygen atoms in total. The van der Waals surface area contributed by atoms with Gasteiger partial charge in [-0.25, -0.2) is 4.39 Å². The molecule has 0 aromatic heterocycles. The van der Waals surface area contributed by atoms with Crippen molar-refractivity contribution in [3.8, 4) is 0 Å². The van der Waals surface area contributed by atoms with Crippen LogP contribution in [0, 0.1) is 5.82 Å². The number of nitrogen functional groups attached to an aromatic ring is 1. The molecule has 0 amide bonds. The van der Waals surface area contributed by atoms with Crippen LogP contribution in [0.2, 0.25) is 0 Å². The Kier molecular flexibility index (Phi) is 3.89. The fourth-order valence-corrected chi connectivity index (χ4v) is 1.38. The molecule has 0 aliphatic heterocycles. The van der Waals surface area contributed by atoms with Gasteiger partial charge in [-0.3, -0.25) is 4.90 Å². The van der Waals surface area contributed by atoms with Crippen LogP contribution in [0.1, 0.15) is 19.4 Å². The van der Waals surface area contributed by atoms with Gasteiger partial charge >= 0.3 is 0 Å². The highest BCUT2D eigenvalue weighted by Gasteiger charge is 2.06. The van der Waals surface area contributed by atoms with Crippen molar-refractivity contribution in [2.24, 2.45) is 0 Å². The van der Waals surface area contributed by atoms with Gasteiger partial charge in [-0.2, -0.15) is 0 Å². The number of halogens is 1. The van der Waals surface area contributed by atoms with Gasteiger partial charge in [0.1, 0.15) is 5.82 Å². The molecule has 1 rings (SSSR count). The number of hydrogen-bond donors (Lipinski definition) is 1. The van der Waals surface area contributed by atoms with Crippen LogP contribution in [0.25, 0.3) is 0 Å². The van der Waals surface area contributed by atoms with Crippen molar-refractivity contribution in [1.29, 1.82) is 0 Å². The summed E-state index contributed by atoms with van der Waals surface area (Å²) in [5, 5.41) is 0. The Hall–Kier alpha value is -1.09. The maximum atomic E-state index is 13.4. The molecule has 78 valence electrons. The SMILES string of the molecule is CCN(CC)Cc1ccc(N)cc1F. The Balaban J connectivity index is 2.76. The number of nitrogens with zero attached hydrogens (tertiary/aromatic N) is 1. The fourth-order valence-electron chi connectivity index (χ4n) is 1.38. The summed E-state index contributed by atoms with van der Waals surface area (Å²) in [6.45, 7) is 6.65. The van der Waals surface area contributed by atoms with E-state index in [2.05, 4.69) is 18.7 Å². The molecule has 0 aliphatic rings. The molecule has 0 spiro atoms. The Morgan fingerprint density at radius 2 is 1.93 bits per heavy atom. The Morgan fingerprint density at radius 1 is 1.29 bits per heavy atom. The molecule has 14 heavy (non-hydrogen) atoms. The number of hydrogen-bond acceptors (Lipinski definition) is 2. The molecule has 0 saturated heterocycles. The average molecular weight is 196 g/mol. The van der Waals surface area contributed by atoms with Crippen molar-refractivity contribution in [3.63, 3.8) is 0 Å². The minimum Gasteiger partial charge on any atom is -0.399 e. The minimum absolute atomic E-state index is 0.211. The Bertz CT molecular complexity index is 295. The second-order valence-electron chi connectivity index (χ2n) is 3.31. The zero-order chi connectivity index (χ0) is 10.6. The van der Waals surface area contributed by atoms with Crippen molar-refractivity contribution < 1.29 is 4.39 Å². The standard InChI is InChI=1S/C11H17FN2/c1-3-14(4-2)8-9-5-6-10(13)7-11(9)12/h5-7H,3-4,8,13H2,1-2H3. The summed E-state index contributed by atoms with van der Waals surface area (Å²) in [6.07, 6.45) is 0. The molecule has 2 N–H and O–H groups in total. The summed E-state index contributed by atoms with van der Waals surface area (Å²) in [7, 11) is 0. The van der Waals surface area contributed by atoms with E-state index in [4.69, 9.17) is 5.73 Å². The monoisotopic (exact) mass is 196 g/mol. The normalized spacial score (nSPS) is 10.9. The highest BCUT2D eigenvalue weighted by atomic mass is 19.1. The Labute approximate surface area is 84.5 Å². The fraction of sp³-hybridized carbons (Fsp3) is 0.455. The first-order chi connectivity index (χ1) is 6.67. The van der Waals surface area contributed by atoms with E-state index >= 15 is 0 Å². The van der Waals surface area contributed by atoms with Gasteiger partial charge in [0.05, 0.1) is 0 Å². The number of rotatable bonds is 4. The molecule has 0 bridgehead atoms. The summed E-state index contributed by atoms with van der Waals surface area (Å²) < 4.78 is 13.4. The second kappa shape index (κ2) is 4.96. The van der Waals surface area contributed by atoms with Crippen LogP contribution in [0.3, 0.4) is 0 Å². The predicted molar refractivity (Wildman–Crippen MR) is 57.4 cm³/mol. The molecule has 0 fully saturated rings. The molecule has 3 heteroatoms. The molecular formula is C11H17FN2. The third-order valence-electron chi connectivity index (χ3n) is 2.37. The van der Waals surface area contributed by atoms with Crippen molar-refractivity contribution in [1.82, 2.24) is 4.90 Å². The summed E-state index contributed by atoms with van der Waals surface area (Å²) in [5.74, 6) is -0.211. The quantitative estimate of drug-likeness (QED) is 0.748. The number of nitrogens with two attached hydrogens (primary N) is 1. The first kappa shape index (κ1) is 11.0. The van der Waals surface area contributed by atoms with Crippen LogP contribution in [-0.4, -0.2) is 18.0 Å². The smallest absolute Gasteiger partial charge is 0.129 e. The van der Waals surface area contributed by atoms with Crippen molar-refractivity contribution in [2.75, 3.05) is 18.8 Å². The van der Waals surface area contributed by atoms with Gasteiger partial charge in [-0.15, -0.1) is 0 Å². The molecule has 0 atom stereocenters. The highest BCUT2D eigenvalue weighted by molar-refractivity contribution is 5.40. The third kappa shape index (κ3) is 2.70. The molecule has 0 aliphatic carbocycles. The highest BCUT2D eigenvalue weighted by Crippen LogP contribution is 2.13. The molecule has 1 aromatic carbocycles. The molecule has 0 heterocycles. The van der Waals surface area contributed by atoms with Crippen LogP contribution in [0.4, 0.5) is 10.1 Å². The summed E-state index contributed by atoms with van der Waals surface area (Å²) in [5.41, 5.74) is 6.66. The lowest BCUT2D eigenvalue weighted by molar-refractivity contribution is 0.291. The van der Waals surface area contributed by atoms with Gasteiger partial charge in [0.25, 0.3) is 0 Å². The van der Waals surface area contributed by atoms with Crippen LogP contribution in [-0.2, 0) is 6.54 Å². The molecule has 0 unspecified atom stereocenters. The second-order valence-corrected chi connectivity index (χ2v) is 3.31. The Morgan fingerprint density at radius 3 is 2.43 bits per heavy atom. The first-order valence-corrected chi connectivity index (χ1v) is 4.93. The van der Waals surface area contributed by atoms with Gasteiger partial charge in [0.2, 0.25) is 0 Å². The summed E-state index contributed by atoms with van der Waals surface area (Å²) >= 11 is 0. The van der Waals surface area contributed by atoms with E-state index in [1.165, 1.54) is 6.07 Å². The lowest BCUT2D eigenvalue weighted by Crippen LogP contribution is -2.22. The van der Waals surface area contributed by atoms with Crippen LogP contribution in [0.5, 0.6) is 0 Å². The van der Waals surface area contributed by atoms with Crippen LogP contribution in [0.15, 0.2) is 18.2 Å². The van der Waals surface area contributed by atoms with Gasteiger partial charge in [-0.05, 0) is 25.2 Å². The van der Waals surface area contributed by atoms with Gasteiger partial charge in [0.15, 0.2) is 0 Å². The van der Waals surface area contributed by atoms with E-state index in [9.17, 15) is 4.39 Å². The summed E-state index contributed by atoms with van der Waals surface area (Å²) in [4.78, 5) is 2.16. The van der Waals surface area contributed by atoms with Crippen LogP contribution < -0.4 is 5.73 Å². The molecule has 0 saturated carbocycles. The number of benzene rings is 1. The lowest BCUT2D eigenvalue weighted by Gasteiger charge is -2.18. The van der Waals surface area contributed by atoms with Crippen molar-refractivity contribution in [3.05, 3.63) is 29.6 Å². The van der Waals surface area contributed by atoms with E-state index in [-0.39, 0.29) is 5.82 Å². The van der Waals surface area contributed by atoms with E-state index in [0.29, 0.717) is 17.8 Å². The third-order valence-corrected chi connectivity index (χ3v) is 2.37. The van der Waals surface area contributed by atoms with Gasteiger partial charge in [0, 0.05) is 17.8 Å². The van der Waals surface area contributed by atoms with Crippen LogP contribution >= 0.6 is 0 Å². The van der Waals surface area contributed by atoms with E-state index in [1.54, 1.807) is 12.1 Å². The van der Waals surface area contributed by atoms with Gasteiger partial charge < -0.3 is 5.73 Å². The average Bonchev–Trinajstić information content (AvgIpc) is 2.17. The van der Waals surface area contributed by atoms with E-state index < -0.39 is 0 Å². The zero-order valence-electron chi connectivity index (χ0n) is 8.76.